The smallest absolute Gasteiger partial charge is 0.356 e. The third-order valence-electron chi connectivity index (χ3n) is 2.27. The van der Waals surface area contributed by atoms with E-state index in [1.807, 2.05) is 19.1 Å². The molecule has 5 heteroatoms. The molecule has 0 atom stereocenters. The Morgan fingerprint density at radius 1 is 1.38 bits per heavy atom. The number of carboxylic acid groups (broad SMARTS) is 1. The quantitative estimate of drug-likeness (QED) is 0.803. The highest BCUT2D eigenvalue weighted by molar-refractivity contribution is 5.87. The number of aromatic nitrogens is 3. The third kappa shape index (κ3) is 1.79. The molecule has 16 heavy (non-hydrogen) atoms. The molecule has 0 unspecified atom stereocenters. The molecule has 0 aliphatic rings. The molecule has 5 nitrogen and oxygen atoms in total. The van der Waals surface area contributed by atoms with Gasteiger partial charge in [0.05, 0.1) is 0 Å². The lowest BCUT2D eigenvalue weighted by Crippen LogP contribution is -1.98. The van der Waals surface area contributed by atoms with Crippen LogP contribution in [0.1, 0.15) is 21.9 Å². The van der Waals surface area contributed by atoms with Crippen LogP contribution in [-0.2, 0) is 0 Å². The van der Waals surface area contributed by atoms with Crippen molar-refractivity contribution in [2.75, 3.05) is 0 Å². The van der Waals surface area contributed by atoms with E-state index in [9.17, 15) is 4.79 Å². The maximum absolute atomic E-state index is 10.8. The number of carboxylic acids is 1. The average molecular weight is 217 g/mol. The van der Waals surface area contributed by atoms with Crippen molar-refractivity contribution in [3.63, 3.8) is 0 Å². The normalized spacial score (nSPS) is 10.4. The van der Waals surface area contributed by atoms with Gasteiger partial charge < -0.3 is 10.1 Å². The van der Waals surface area contributed by atoms with Gasteiger partial charge in [-0.05, 0) is 26.0 Å². The van der Waals surface area contributed by atoms with Crippen LogP contribution in [0.5, 0.6) is 0 Å². The Bertz CT molecular complexity index is 529. The minimum absolute atomic E-state index is 0.0515. The van der Waals surface area contributed by atoms with Crippen LogP contribution in [0.2, 0.25) is 0 Å². The fraction of sp³-hybridized carbons (Fsp3) is 0.182. The first-order valence-corrected chi connectivity index (χ1v) is 4.81. The van der Waals surface area contributed by atoms with E-state index in [4.69, 9.17) is 5.11 Å². The summed E-state index contributed by atoms with van der Waals surface area (Å²) in [5.74, 6) is -0.498. The highest BCUT2D eigenvalue weighted by atomic mass is 16.4. The molecule has 0 fully saturated rings. The van der Waals surface area contributed by atoms with Crippen LogP contribution in [-0.4, -0.2) is 26.0 Å². The van der Waals surface area contributed by atoms with Gasteiger partial charge in [0, 0.05) is 23.1 Å². The maximum Gasteiger partial charge on any atom is 0.356 e. The Hall–Kier alpha value is -2.17. The number of aryl methyl sites for hydroxylation is 2. The molecule has 0 saturated heterocycles. The van der Waals surface area contributed by atoms with Gasteiger partial charge in [0.15, 0.2) is 5.69 Å². The zero-order valence-electron chi connectivity index (χ0n) is 8.98. The number of hydrogen-bond acceptors (Lipinski definition) is 3. The third-order valence-corrected chi connectivity index (χ3v) is 2.27. The molecule has 0 amide bonds. The van der Waals surface area contributed by atoms with Crippen molar-refractivity contribution in [2.45, 2.75) is 13.8 Å². The van der Waals surface area contributed by atoms with Gasteiger partial charge in [-0.15, -0.1) is 0 Å². The zero-order valence-corrected chi connectivity index (χ0v) is 8.98. The fourth-order valence-electron chi connectivity index (χ4n) is 1.41. The molecule has 2 N–H and O–H groups in total. The lowest BCUT2D eigenvalue weighted by atomic mass is 10.2. The molecule has 0 aromatic carbocycles. The van der Waals surface area contributed by atoms with Crippen molar-refractivity contribution in [3.8, 4) is 11.4 Å². The van der Waals surface area contributed by atoms with Crippen LogP contribution in [0.4, 0.5) is 0 Å². The average Bonchev–Trinajstić information content (AvgIpc) is 2.61. The molecular weight excluding hydrogens is 206 g/mol. The van der Waals surface area contributed by atoms with Gasteiger partial charge in [0.2, 0.25) is 0 Å². The van der Waals surface area contributed by atoms with Gasteiger partial charge >= 0.3 is 5.97 Å². The molecule has 0 bridgehead atoms. The lowest BCUT2D eigenvalue weighted by Gasteiger charge is -1.95. The Morgan fingerprint density at radius 3 is 2.62 bits per heavy atom. The van der Waals surface area contributed by atoms with Gasteiger partial charge in [0.1, 0.15) is 5.82 Å². The van der Waals surface area contributed by atoms with Crippen molar-refractivity contribution >= 4 is 5.97 Å². The van der Waals surface area contributed by atoms with Crippen LogP contribution < -0.4 is 0 Å². The van der Waals surface area contributed by atoms with Crippen LogP contribution in [0.3, 0.4) is 0 Å². The summed E-state index contributed by atoms with van der Waals surface area (Å²) in [6.07, 6.45) is 1.67. The molecular formula is C11H11N3O2. The predicted octanol–water partition coefficient (Wildman–Crippen LogP) is 1.79. The minimum Gasteiger partial charge on any atom is -0.476 e. The number of hydrogen-bond donors (Lipinski definition) is 2. The van der Waals surface area contributed by atoms with E-state index >= 15 is 0 Å². The van der Waals surface area contributed by atoms with E-state index < -0.39 is 5.97 Å². The summed E-state index contributed by atoms with van der Waals surface area (Å²) in [6.45, 7) is 3.57. The van der Waals surface area contributed by atoms with Gasteiger partial charge in [0.25, 0.3) is 0 Å². The number of H-pyrrole nitrogens is 1. The largest absolute Gasteiger partial charge is 0.476 e. The van der Waals surface area contributed by atoms with Gasteiger partial charge in [-0.25, -0.2) is 9.78 Å². The molecule has 82 valence electrons. The standard InChI is InChI=1S/C11H11N3O2/c1-6-3-4-8(5-12-6)10-13-7(2)9(14-10)11(15)16/h3-5H,1-2H3,(H,13,14)(H,15,16). The number of rotatable bonds is 2. The Morgan fingerprint density at radius 2 is 2.12 bits per heavy atom. The van der Waals surface area contributed by atoms with Gasteiger partial charge in [-0.2, -0.15) is 0 Å². The lowest BCUT2D eigenvalue weighted by molar-refractivity contribution is 0.0690. The maximum atomic E-state index is 10.8. The van der Waals surface area contributed by atoms with Gasteiger partial charge in [-0.3, -0.25) is 4.98 Å². The predicted molar refractivity (Wildman–Crippen MR) is 58.3 cm³/mol. The first kappa shape index (κ1) is 10.4. The summed E-state index contributed by atoms with van der Waals surface area (Å²) in [5.41, 5.74) is 2.28. The second kappa shape index (κ2) is 3.77. The second-order valence-corrected chi connectivity index (χ2v) is 3.55. The second-order valence-electron chi connectivity index (χ2n) is 3.55. The van der Waals surface area contributed by atoms with E-state index in [-0.39, 0.29) is 5.69 Å². The molecule has 0 radical (unpaired) electrons. The summed E-state index contributed by atoms with van der Waals surface area (Å²) in [5, 5.41) is 8.87. The molecule has 0 spiro atoms. The fourth-order valence-corrected chi connectivity index (χ4v) is 1.41. The van der Waals surface area contributed by atoms with Crippen LogP contribution >= 0.6 is 0 Å². The SMILES string of the molecule is Cc1ccc(-c2nc(C(=O)O)c(C)[nH]2)cn1. The minimum atomic E-state index is -1.03. The number of nitrogens with zero attached hydrogens (tertiary/aromatic N) is 2. The highest BCUT2D eigenvalue weighted by Crippen LogP contribution is 2.17. The van der Waals surface area contributed by atoms with Crippen LogP contribution in [0.25, 0.3) is 11.4 Å². The number of aromatic carboxylic acids is 1. The van der Waals surface area contributed by atoms with Crippen molar-refractivity contribution in [3.05, 3.63) is 35.4 Å². The molecule has 2 aromatic rings. The van der Waals surface area contributed by atoms with E-state index in [0.29, 0.717) is 11.5 Å². The van der Waals surface area contributed by atoms with E-state index in [1.165, 1.54) is 0 Å². The Balaban J connectivity index is 2.45. The molecule has 0 saturated carbocycles. The van der Waals surface area contributed by atoms with E-state index in [1.54, 1.807) is 13.1 Å². The number of aromatic amines is 1. The summed E-state index contributed by atoms with van der Waals surface area (Å²) < 4.78 is 0. The first-order chi connectivity index (χ1) is 7.58. The summed E-state index contributed by atoms with van der Waals surface area (Å²) in [6, 6.07) is 3.71. The van der Waals surface area contributed by atoms with Crippen LogP contribution in [0, 0.1) is 13.8 Å². The summed E-state index contributed by atoms with van der Waals surface area (Å²) in [4.78, 5) is 21.9. The number of carbonyl (C=O) groups is 1. The van der Waals surface area contributed by atoms with Gasteiger partial charge in [-0.1, -0.05) is 0 Å². The molecule has 2 heterocycles. The molecule has 0 aliphatic carbocycles. The van der Waals surface area contributed by atoms with E-state index in [0.717, 1.165) is 11.3 Å². The highest BCUT2D eigenvalue weighted by Gasteiger charge is 2.14. The number of nitrogens with one attached hydrogen (secondary N) is 1. The van der Waals surface area contributed by atoms with Crippen LogP contribution in [0.15, 0.2) is 18.3 Å². The summed E-state index contributed by atoms with van der Waals surface area (Å²) >= 11 is 0. The van der Waals surface area contributed by atoms with Crippen molar-refractivity contribution in [1.82, 2.24) is 15.0 Å². The van der Waals surface area contributed by atoms with Crippen molar-refractivity contribution < 1.29 is 9.90 Å². The Kier molecular flexibility index (Phi) is 2.44. The number of imidazole rings is 1. The molecule has 2 rings (SSSR count). The van der Waals surface area contributed by atoms with Crippen molar-refractivity contribution in [1.29, 1.82) is 0 Å². The topological polar surface area (TPSA) is 78.9 Å². The molecule has 2 aromatic heterocycles. The zero-order chi connectivity index (χ0) is 11.7. The van der Waals surface area contributed by atoms with Crippen molar-refractivity contribution in [2.24, 2.45) is 0 Å². The Labute approximate surface area is 92.2 Å². The number of pyridine rings is 1. The molecule has 0 aliphatic heterocycles. The monoisotopic (exact) mass is 217 g/mol. The first-order valence-electron chi connectivity index (χ1n) is 4.81. The summed E-state index contributed by atoms with van der Waals surface area (Å²) in [7, 11) is 0. The van der Waals surface area contributed by atoms with E-state index in [2.05, 4.69) is 15.0 Å².